The number of halogens is 1. The first-order chi connectivity index (χ1) is 8.61. The Balaban J connectivity index is 2.26. The fourth-order valence-corrected chi connectivity index (χ4v) is 2.04. The largest absolute Gasteiger partial charge is 0.495 e. The van der Waals surface area contributed by atoms with Crippen molar-refractivity contribution in [2.24, 2.45) is 0 Å². The summed E-state index contributed by atoms with van der Waals surface area (Å²) in [5.74, 6) is 0.282. The minimum absolute atomic E-state index is 0.0164. The molecule has 1 aromatic carbocycles. The fourth-order valence-electron chi connectivity index (χ4n) is 1.79. The van der Waals surface area contributed by atoms with E-state index in [1.165, 1.54) is 7.11 Å². The van der Waals surface area contributed by atoms with Crippen molar-refractivity contribution < 1.29 is 14.3 Å². The highest BCUT2D eigenvalue weighted by Crippen LogP contribution is 2.29. The quantitative estimate of drug-likeness (QED) is 0.877. The monoisotopic (exact) mass is 268 g/mol. The minimum atomic E-state index is -0.151. The van der Waals surface area contributed by atoms with Crippen molar-refractivity contribution in [3.8, 4) is 5.75 Å². The van der Waals surface area contributed by atoms with Crippen molar-refractivity contribution in [1.29, 1.82) is 0 Å². The first-order valence-corrected chi connectivity index (χ1v) is 5.90. The van der Waals surface area contributed by atoms with Gasteiger partial charge in [0.25, 0.3) is 0 Å². The smallest absolute Gasteiger partial charge is 0.246 e. The van der Waals surface area contributed by atoms with Crippen LogP contribution in [0.2, 0.25) is 5.02 Å². The maximum atomic E-state index is 11.9. The normalized spacial score (nSPS) is 16.2. The highest BCUT2D eigenvalue weighted by molar-refractivity contribution is 6.32. The van der Waals surface area contributed by atoms with Gasteiger partial charge in [0, 0.05) is 18.7 Å². The van der Waals surface area contributed by atoms with Gasteiger partial charge in [-0.15, -0.1) is 0 Å². The van der Waals surface area contributed by atoms with Gasteiger partial charge in [0.15, 0.2) is 0 Å². The summed E-state index contributed by atoms with van der Waals surface area (Å²) in [6.07, 6.45) is 0.287. The number of nitrogens with one attached hydrogen (secondary N) is 1. The van der Waals surface area contributed by atoms with E-state index in [0.29, 0.717) is 23.0 Å². The number of hydrogen-bond acceptors (Lipinski definition) is 3. The van der Waals surface area contributed by atoms with E-state index in [0.717, 1.165) is 0 Å². The van der Waals surface area contributed by atoms with Gasteiger partial charge < -0.3 is 15.0 Å². The Bertz CT molecular complexity index is 490. The molecule has 1 heterocycles. The highest BCUT2D eigenvalue weighted by atomic mass is 35.5. The van der Waals surface area contributed by atoms with Crippen LogP contribution in [-0.4, -0.2) is 32.0 Å². The molecule has 1 aromatic rings. The van der Waals surface area contributed by atoms with E-state index in [1.54, 1.807) is 23.1 Å². The van der Waals surface area contributed by atoms with E-state index in [2.05, 4.69) is 5.32 Å². The Morgan fingerprint density at radius 2 is 2.17 bits per heavy atom. The predicted octanol–water partition coefficient (Wildman–Crippen LogP) is 1.20. The molecular formula is C12H13ClN2O3. The fraction of sp³-hybridized carbons (Fsp3) is 0.333. The number of carbonyl (C=O) groups is 2. The van der Waals surface area contributed by atoms with Gasteiger partial charge in [-0.2, -0.15) is 0 Å². The molecule has 0 atom stereocenters. The Labute approximate surface area is 110 Å². The van der Waals surface area contributed by atoms with Gasteiger partial charge in [-0.05, 0) is 18.2 Å². The third-order valence-electron chi connectivity index (χ3n) is 2.75. The third kappa shape index (κ3) is 2.56. The first-order valence-electron chi connectivity index (χ1n) is 5.52. The van der Waals surface area contributed by atoms with Crippen molar-refractivity contribution in [3.05, 3.63) is 23.2 Å². The van der Waals surface area contributed by atoms with Gasteiger partial charge in [0.05, 0.1) is 18.7 Å². The second kappa shape index (κ2) is 5.27. The van der Waals surface area contributed by atoms with Gasteiger partial charge in [0.2, 0.25) is 11.8 Å². The number of benzene rings is 1. The molecule has 0 aromatic heterocycles. The minimum Gasteiger partial charge on any atom is -0.495 e. The number of ether oxygens (including phenoxy) is 1. The summed E-state index contributed by atoms with van der Waals surface area (Å²) in [5.41, 5.74) is 0.669. The topological polar surface area (TPSA) is 58.6 Å². The lowest BCUT2D eigenvalue weighted by atomic mass is 10.2. The van der Waals surface area contributed by atoms with E-state index in [4.69, 9.17) is 16.3 Å². The van der Waals surface area contributed by atoms with Crippen LogP contribution in [0.1, 0.15) is 6.42 Å². The van der Waals surface area contributed by atoms with E-state index in [-0.39, 0.29) is 24.8 Å². The van der Waals surface area contributed by atoms with Crippen LogP contribution in [0.3, 0.4) is 0 Å². The predicted molar refractivity (Wildman–Crippen MR) is 68.0 cm³/mol. The summed E-state index contributed by atoms with van der Waals surface area (Å²) >= 11 is 6.02. The molecule has 2 amide bonds. The van der Waals surface area contributed by atoms with Gasteiger partial charge >= 0.3 is 0 Å². The van der Waals surface area contributed by atoms with E-state index >= 15 is 0 Å². The Morgan fingerprint density at radius 3 is 2.83 bits per heavy atom. The first kappa shape index (κ1) is 12.7. The molecule has 0 radical (unpaired) electrons. The van der Waals surface area contributed by atoms with Crippen LogP contribution in [0.5, 0.6) is 5.75 Å². The SMILES string of the molecule is COc1ccc(N2CCC(=O)NCC2=O)cc1Cl. The van der Waals surface area contributed by atoms with Crippen molar-refractivity contribution >= 4 is 29.1 Å². The van der Waals surface area contributed by atoms with Gasteiger partial charge in [0.1, 0.15) is 5.75 Å². The second-order valence-corrected chi connectivity index (χ2v) is 4.30. The summed E-state index contributed by atoms with van der Waals surface area (Å²) in [6, 6.07) is 5.11. The lowest BCUT2D eigenvalue weighted by Crippen LogP contribution is -2.35. The molecule has 2 rings (SSSR count). The Kier molecular flexibility index (Phi) is 3.72. The third-order valence-corrected chi connectivity index (χ3v) is 3.04. The van der Waals surface area contributed by atoms with Gasteiger partial charge in [-0.1, -0.05) is 11.6 Å². The zero-order chi connectivity index (χ0) is 13.1. The van der Waals surface area contributed by atoms with Gasteiger partial charge in [-0.25, -0.2) is 0 Å². The lowest BCUT2D eigenvalue weighted by Gasteiger charge is -2.20. The molecule has 0 bridgehead atoms. The highest BCUT2D eigenvalue weighted by Gasteiger charge is 2.21. The maximum Gasteiger partial charge on any atom is 0.246 e. The lowest BCUT2D eigenvalue weighted by molar-refractivity contribution is -0.123. The summed E-state index contributed by atoms with van der Waals surface area (Å²) < 4.78 is 5.05. The zero-order valence-electron chi connectivity index (χ0n) is 9.90. The molecule has 0 saturated carbocycles. The van der Waals surface area contributed by atoms with Crippen LogP contribution in [-0.2, 0) is 9.59 Å². The number of nitrogens with zero attached hydrogens (tertiary/aromatic N) is 1. The summed E-state index contributed by atoms with van der Waals surface area (Å²) in [6.45, 7) is 0.371. The van der Waals surface area contributed by atoms with Crippen molar-refractivity contribution in [2.45, 2.75) is 6.42 Å². The molecular weight excluding hydrogens is 256 g/mol. The molecule has 6 heteroatoms. The summed E-state index contributed by atoms with van der Waals surface area (Å²) in [4.78, 5) is 24.6. The second-order valence-electron chi connectivity index (χ2n) is 3.89. The molecule has 5 nitrogen and oxygen atoms in total. The number of rotatable bonds is 2. The molecule has 0 spiro atoms. The maximum absolute atomic E-state index is 11.9. The van der Waals surface area contributed by atoms with Crippen molar-refractivity contribution in [3.63, 3.8) is 0 Å². The van der Waals surface area contributed by atoms with Crippen LogP contribution in [0, 0.1) is 0 Å². The Morgan fingerprint density at radius 1 is 1.39 bits per heavy atom. The molecule has 0 unspecified atom stereocenters. The zero-order valence-corrected chi connectivity index (χ0v) is 10.7. The summed E-state index contributed by atoms with van der Waals surface area (Å²) in [5, 5.41) is 2.98. The molecule has 1 aliphatic rings. The number of carbonyl (C=O) groups excluding carboxylic acids is 2. The number of amides is 2. The van der Waals surface area contributed by atoms with E-state index in [9.17, 15) is 9.59 Å². The number of anilines is 1. The van der Waals surface area contributed by atoms with Crippen LogP contribution in [0.4, 0.5) is 5.69 Å². The molecule has 1 saturated heterocycles. The standard InChI is InChI=1S/C12H13ClN2O3/c1-18-10-3-2-8(6-9(10)13)15-5-4-11(16)14-7-12(15)17/h2-3,6H,4-5,7H2,1H3,(H,14,16). The van der Waals surface area contributed by atoms with E-state index in [1.807, 2.05) is 0 Å². The average Bonchev–Trinajstić information content (AvgIpc) is 2.52. The Hall–Kier alpha value is -1.75. The van der Waals surface area contributed by atoms with Crippen molar-refractivity contribution in [1.82, 2.24) is 5.32 Å². The molecule has 96 valence electrons. The molecule has 1 aliphatic heterocycles. The molecule has 0 aliphatic carbocycles. The molecule has 1 fully saturated rings. The van der Waals surface area contributed by atoms with Gasteiger partial charge in [-0.3, -0.25) is 9.59 Å². The number of hydrogen-bond donors (Lipinski definition) is 1. The van der Waals surface area contributed by atoms with E-state index < -0.39 is 0 Å². The molecule has 1 N–H and O–H groups in total. The van der Waals surface area contributed by atoms with Crippen LogP contribution in [0.15, 0.2) is 18.2 Å². The number of methoxy groups -OCH3 is 1. The van der Waals surface area contributed by atoms with Crippen LogP contribution < -0.4 is 15.0 Å². The van der Waals surface area contributed by atoms with Crippen LogP contribution >= 0.6 is 11.6 Å². The average molecular weight is 269 g/mol. The van der Waals surface area contributed by atoms with Crippen molar-refractivity contribution in [2.75, 3.05) is 25.1 Å². The summed E-state index contributed by atoms with van der Waals surface area (Å²) in [7, 11) is 1.53. The molecule has 18 heavy (non-hydrogen) atoms. The van der Waals surface area contributed by atoms with Crippen LogP contribution in [0.25, 0.3) is 0 Å².